The number of hydrogen-bond acceptors (Lipinski definition) is 5. The van der Waals surface area contributed by atoms with Gasteiger partial charge in [-0.15, -0.1) is 0 Å². The normalized spacial score (nSPS) is 14.4. The van der Waals surface area contributed by atoms with Gasteiger partial charge in [0.15, 0.2) is 5.58 Å². The largest absolute Gasteiger partial charge is 0.481 e. The van der Waals surface area contributed by atoms with Crippen LogP contribution in [-0.4, -0.2) is 29.1 Å². The van der Waals surface area contributed by atoms with Crippen molar-refractivity contribution in [2.45, 2.75) is 18.5 Å². The van der Waals surface area contributed by atoms with Gasteiger partial charge in [-0.1, -0.05) is 6.07 Å². The fourth-order valence-corrected chi connectivity index (χ4v) is 2.10. The van der Waals surface area contributed by atoms with Crippen LogP contribution in [0.5, 0.6) is 0 Å². The van der Waals surface area contributed by atoms with E-state index < -0.39 is 17.8 Å². The van der Waals surface area contributed by atoms with E-state index in [2.05, 4.69) is 10.3 Å². The van der Waals surface area contributed by atoms with E-state index in [1.807, 2.05) is 0 Å². The van der Waals surface area contributed by atoms with Crippen molar-refractivity contribution in [3.8, 4) is 0 Å². The van der Waals surface area contributed by atoms with Crippen LogP contribution in [-0.2, 0) is 4.79 Å². The number of nitrogens with two attached hydrogens (primary N) is 1. The molecule has 0 amide bonds. The number of carboxylic acids is 1. The molecular weight excluding hydrogens is 250 g/mol. The minimum absolute atomic E-state index is 0.152. The monoisotopic (exact) mass is 265 g/mol. The van der Waals surface area contributed by atoms with Gasteiger partial charge in [0.25, 0.3) is 0 Å². The first-order valence-corrected chi connectivity index (χ1v) is 5.78. The highest BCUT2D eigenvalue weighted by Gasteiger charge is 2.21. The molecule has 7 nitrogen and oxygen atoms in total. The number of oxazole rings is 1. The zero-order valence-electron chi connectivity index (χ0n) is 10.3. The minimum Gasteiger partial charge on any atom is -0.481 e. The first-order chi connectivity index (χ1) is 9.01. The van der Waals surface area contributed by atoms with E-state index in [-0.39, 0.29) is 12.5 Å². The van der Waals surface area contributed by atoms with Crippen molar-refractivity contribution in [3.63, 3.8) is 0 Å². The van der Waals surface area contributed by atoms with Crippen molar-refractivity contribution < 1.29 is 14.3 Å². The molecular formula is C12H15N3O4. The Morgan fingerprint density at radius 2 is 2.32 bits per heavy atom. The summed E-state index contributed by atoms with van der Waals surface area (Å²) in [5.74, 6) is -1.48. The first kappa shape index (κ1) is 13.3. The lowest BCUT2D eigenvalue weighted by Crippen LogP contribution is -2.37. The van der Waals surface area contributed by atoms with Crippen molar-refractivity contribution in [1.29, 1.82) is 0 Å². The summed E-state index contributed by atoms with van der Waals surface area (Å²) < 4.78 is 4.97. The standard InChI is InChI=1S/C12H15N3O4/c1-14-11(7(13)5-10(16)17)6-2-3-8-9(4-6)19-12(18)15-8/h2-4,7,11,14H,5,13H2,1H3,(H,15,18)(H,16,17). The number of benzene rings is 1. The minimum atomic E-state index is -0.956. The van der Waals surface area contributed by atoms with Crippen LogP contribution in [0.25, 0.3) is 11.1 Å². The number of carboxylic acid groups (broad SMARTS) is 1. The summed E-state index contributed by atoms with van der Waals surface area (Å²) in [6.45, 7) is 0. The number of aromatic nitrogens is 1. The topological polar surface area (TPSA) is 121 Å². The molecule has 0 saturated carbocycles. The van der Waals surface area contributed by atoms with Gasteiger partial charge in [0.1, 0.15) is 0 Å². The van der Waals surface area contributed by atoms with Crippen LogP contribution < -0.4 is 16.8 Å². The lowest BCUT2D eigenvalue weighted by Gasteiger charge is -2.22. The second kappa shape index (κ2) is 5.25. The predicted molar refractivity (Wildman–Crippen MR) is 68.9 cm³/mol. The van der Waals surface area contributed by atoms with E-state index >= 15 is 0 Å². The Hall–Kier alpha value is -2.12. The highest BCUT2D eigenvalue weighted by molar-refractivity contribution is 5.73. The first-order valence-electron chi connectivity index (χ1n) is 5.78. The van der Waals surface area contributed by atoms with Crippen molar-refractivity contribution >= 4 is 17.1 Å². The number of hydrogen-bond donors (Lipinski definition) is 4. The van der Waals surface area contributed by atoms with E-state index in [4.69, 9.17) is 15.3 Å². The number of aliphatic carboxylic acids is 1. The summed E-state index contributed by atoms with van der Waals surface area (Å²) in [5, 5.41) is 11.8. The molecule has 0 fully saturated rings. The number of aromatic amines is 1. The number of carbonyl (C=O) groups is 1. The SMILES string of the molecule is CNC(c1ccc2[nH]c(=O)oc2c1)C(N)CC(=O)O. The van der Waals surface area contributed by atoms with Crippen LogP contribution in [0.4, 0.5) is 0 Å². The van der Waals surface area contributed by atoms with Crippen LogP contribution in [0.1, 0.15) is 18.0 Å². The summed E-state index contributed by atoms with van der Waals surface area (Å²) in [6, 6.07) is 4.24. The van der Waals surface area contributed by atoms with Gasteiger partial charge in [-0.3, -0.25) is 9.78 Å². The molecule has 19 heavy (non-hydrogen) atoms. The van der Waals surface area contributed by atoms with Crippen molar-refractivity contribution in [2.24, 2.45) is 5.73 Å². The summed E-state index contributed by atoms with van der Waals surface area (Å²) in [4.78, 5) is 24.3. The van der Waals surface area contributed by atoms with Gasteiger partial charge in [-0.2, -0.15) is 0 Å². The molecule has 102 valence electrons. The highest BCUT2D eigenvalue weighted by Crippen LogP contribution is 2.21. The molecule has 2 unspecified atom stereocenters. The zero-order chi connectivity index (χ0) is 14.0. The molecule has 5 N–H and O–H groups in total. The highest BCUT2D eigenvalue weighted by atomic mass is 16.4. The fraction of sp³-hybridized carbons (Fsp3) is 0.333. The number of rotatable bonds is 5. The van der Waals surface area contributed by atoms with Crippen molar-refractivity contribution in [2.75, 3.05) is 7.05 Å². The second-order valence-electron chi connectivity index (χ2n) is 4.30. The lowest BCUT2D eigenvalue weighted by molar-refractivity contribution is -0.137. The molecule has 7 heteroatoms. The predicted octanol–water partition coefficient (Wildman–Crippen LogP) is 0.184. The molecule has 0 aliphatic heterocycles. The Balaban J connectivity index is 2.34. The Morgan fingerprint density at radius 1 is 1.58 bits per heavy atom. The van der Waals surface area contributed by atoms with E-state index in [0.717, 1.165) is 5.56 Å². The molecule has 2 atom stereocenters. The molecule has 2 aromatic rings. The number of nitrogens with one attached hydrogen (secondary N) is 2. The Morgan fingerprint density at radius 3 is 2.95 bits per heavy atom. The van der Waals surface area contributed by atoms with E-state index in [9.17, 15) is 9.59 Å². The van der Waals surface area contributed by atoms with Gasteiger partial charge < -0.3 is 20.6 Å². The average Bonchev–Trinajstić information content (AvgIpc) is 2.68. The van der Waals surface area contributed by atoms with Gasteiger partial charge in [-0.25, -0.2) is 4.79 Å². The van der Waals surface area contributed by atoms with E-state index in [0.29, 0.717) is 11.1 Å². The van der Waals surface area contributed by atoms with Gasteiger partial charge in [0.05, 0.1) is 11.9 Å². The summed E-state index contributed by atoms with van der Waals surface area (Å²) in [7, 11) is 1.70. The van der Waals surface area contributed by atoms with Gasteiger partial charge >= 0.3 is 11.7 Å². The summed E-state index contributed by atoms with van der Waals surface area (Å²) in [5.41, 5.74) is 7.65. The zero-order valence-corrected chi connectivity index (χ0v) is 10.3. The molecule has 0 spiro atoms. The summed E-state index contributed by atoms with van der Waals surface area (Å²) in [6.07, 6.45) is -0.152. The molecule has 2 rings (SSSR count). The van der Waals surface area contributed by atoms with Crippen LogP contribution >= 0.6 is 0 Å². The Bertz CT molecular complexity index is 646. The molecule has 0 aliphatic carbocycles. The maximum Gasteiger partial charge on any atom is 0.417 e. The maximum absolute atomic E-state index is 11.1. The molecule has 1 aromatic carbocycles. The summed E-state index contributed by atoms with van der Waals surface area (Å²) >= 11 is 0. The second-order valence-corrected chi connectivity index (χ2v) is 4.30. The maximum atomic E-state index is 11.1. The van der Waals surface area contributed by atoms with Gasteiger partial charge in [0, 0.05) is 12.1 Å². The molecule has 1 heterocycles. The van der Waals surface area contributed by atoms with Crippen molar-refractivity contribution in [1.82, 2.24) is 10.3 Å². The molecule has 0 aliphatic rings. The van der Waals surface area contributed by atoms with Crippen LogP contribution in [0.15, 0.2) is 27.4 Å². The Labute approximate surface area is 108 Å². The van der Waals surface area contributed by atoms with Crippen LogP contribution in [0.2, 0.25) is 0 Å². The number of likely N-dealkylation sites (N-methyl/N-ethyl adjacent to an activating group) is 1. The van der Waals surface area contributed by atoms with Crippen molar-refractivity contribution in [3.05, 3.63) is 34.3 Å². The van der Waals surface area contributed by atoms with Gasteiger partial charge in [-0.05, 0) is 24.7 Å². The fourth-order valence-electron chi connectivity index (χ4n) is 2.10. The Kier molecular flexibility index (Phi) is 3.68. The molecule has 0 saturated heterocycles. The number of fused-ring (bicyclic) bond motifs is 1. The van der Waals surface area contributed by atoms with Crippen LogP contribution in [0, 0.1) is 0 Å². The third-order valence-corrected chi connectivity index (χ3v) is 2.95. The molecule has 1 aromatic heterocycles. The number of H-pyrrole nitrogens is 1. The molecule has 0 radical (unpaired) electrons. The molecule has 0 bridgehead atoms. The van der Waals surface area contributed by atoms with E-state index in [1.54, 1.807) is 25.2 Å². The van der Waals surface area contributed by atoms with Crippen LogP contribution in [0.3, 0.4) is 0 Å². The average molecular weight is 265 g/mol. The quantitative estimate of drug-likeness (QED) is 0.612. The third-order valence-electron chi connectivity index (χ3n) is 2.95. The smallest absolute Gasteiger partial charge is 0.417 e. The lowest BCUT2D eigenvalue weighted by atomic mass is 9.97. The van der Waals surface area contributed by atoms with E-state index in [1.165, 1.54) is 0 Å². The van der Waals surface area contributed by atoms with Gasteiger partial charge in [0.2, 0.25) is 0 Å². The third kappa shape index (κ3) is 2.83.